The number of aliphatic hydroxyl groups excluding tert-OH is 1. The van der Waals surface area contributed by atoms with Crippen LogP contribution < -0.4 is 11.5 Å². The van der Waals surface area contributed by atoms with Gasteiger partial charge in [0.1, 0.15) is 42.8 Å². The number of ether oxygens (including phenoxy) is 3. The van der Waals surface area contributed by atoms with Gasteiger partial charge >= 0.3 is 11.9 Å². The van der Waals surface area contributed by atoms with Crippen LogP contribution in [0.25, 0.3) is 5.52 Å². The zero-order valence-electron chi connectivity index (χ0n) is 17.3. The van der Waals surface area contributed by atoms with Gasteiger partial charge < -0.3 is 30.8 Å². The van der Waals surface area contributed by atoms with E-state index < -0.39 is 41.9 Å². The van der Waals surface area contributed by atoms with Crippen molar-refractivity contribution in [3.63, 3.8) is 0 Å². The predicted octanol–water partition coefficient (Wildman–Crippen LogP) is -0.752. The number of esters is 2. The number of carbonyl (C=O) groups excluding carboxylic acids is 2. The van der Waals surface area contributed by atoms with Crippen LogP contribution in [0.1, 0.15) is 26.5 Å². The molecule has 2 aromatic rings. The lowest BCUT2D eigenvalue weighted by molar-refractivity contribution is -0.161. The number of rotatable bonds is 6. The number of hydrogen-bond acceptors (Lipinski definition) is 11. The van der Waals surface area contributed by atoms with Crippen molar-refractivity contribution in [1.29, 1.82) is 5.26 Å². The van der Waals surface area contributed by atoms with Gasteiger partial charge in [-0.2, -0.15) is 10.4 Å². The van der Waals surface area contributed by atoms with Gasteiger partial charge in [0.05, 0.1) is 5.69 Å². The normalized spacial score (nSPS) is 26.5. The Morgan fingerprint density at radius 3 is 2.77 bits per heavy atom. The quantitative estimate of drug-likeness (QED) is 0.487. The maximum atomic E-state index is 12.5. The molecule has 0 amide bonds. The van der Waals surface area contributed by atoms with Crippen LogP contribution in [0.3, 0.4) is 0 Å². The number of aromatic nitrogens is 3. The molecule has 0 spiro atoms. The molecular formula is C19H24N6O6. The molecule has 166 valence electrons. The van der Waals surface area contributed by atoms with E-state index in [0.29, 0.717) is 5.52 Å². The molecule has 31 heavy (non-hydrogen) atoms. The first-order valence-electron chi connectivity index (χ1n) is 9.57. The van der Waals surface area contributed by atoms with Gasteiger partial charge in [0.2, 0.25) is 5.60 Å². The van der Waals surface area contributed by atoms with Crippen molar-refractivity contribution in [2.24, 2.45) is 11.7 Å². The molecule has 1 aliphatic heterocycles. The van der Waals surface area contributed by atoms with Gasteiger partial charge in [-0.05, 0) is 18.1 Å². The Bertz CT molecular complexity index is 1030. The minimum Gasteiger partial charge on any atom is -0.463 e. The van der Waals surface area contributed by atoms with E-state index >= 15 is 0 Å². The van der Waals surface area contributed by atoms with Gasteiger partial charge in [0.15, 0.2) is 11.9 Å². The third-order valence-corrected chi connectivity index (χ3v) is 5.15. The molecule has 5 N–H and O–H groups in total. The van der Waals surface area contributed by atoms with E-state index in [4.69, 9.17) is 25.7 Å². The Labute approximate surface area is 177 Å². The van der Waals surface area contributed by atoms with Crippen LogP contribution in [0.4, 0.5) is 5.82 Å². The number of nitriles is 1. The van der Waals surface area contributed by atoms with Crippen molar-refractivity contribution in [2.45, 2.75) is 50.7 Å². The molecule has 12 heteroatoms. The summed E-state index contributed by atoms with van der Waals surface area (Å²) in [5.41, 5.74) is 10.2. The highest BCUT2D eigenvalue weighted by Gasteiger charge is 2.60. The number of fused-ring (bicyclic) bond motifs is 1. The van der Waals surface area contributed by atoms with Gasteiger partial charge in [-0.3, -0.25) is 9.59 Å². The first-order valence-corrected chi connectivity index (χ1v) is 9.57. The first-order chi connectivity index (χ1) is 14.6. The summed E-state index contributed by atoms with van der Waals surface area (Å²) in [6, 6.07) is 4.06. The lowest BCUT2D eigenvalue weighted by Gasteiger charge is -2.25. The summed E-state index contributed by atoms with van der Waals surface area (Å²) in [4.78, 5) is 27.7. The van der Waals surface area contributed by atoms with Crippen molar-refractivity contribution in [3.8, 4) is 6.07 Å². The van der Waals surface area contributed by atoms with Gasteiger partial charge in [0, 0.05) is 6.92 Å². The molecule has 3 rings (SSSR count). The zero-order chi connectivity index (χ0) is 22.9. The van der Waals surface area contributed by atoms with Crippen molar-refractivity contribution in [3.05, 3.63) is 24.2 Å². The summed E-state index contributed by atoms with van der Waals surface area (Å²) >= 11 is 0. The second-order valence-corrected chi connectivity index (χ2v) is 7.58. The van der Waals surface area contributed by atoms with Crippen LogP contribution in [0.2, 0.25) is 0 Å². The molecule has 5 atom stereocenters. The number of carbonyl (C=O) groups is 2. The van der Waals surface area contributed by atoms with E-state index in [1.807, 2.05) is 6.07 Å². The summed E-state index contributed by atoms with van der Waals surface area (Å²) in [5.74, 6) is -1.46. The van der Waals surface area contributed by atoms with Crippen molar-refractivity contribution >= 4 is 23.3 Å². The smallest absolute Gasteiger partial charge is 0.323 e. The number of nitrogen functional groups attached to an aromatic ring is 1. The molecule has 1 aliphatic rings. The van der Waals surface area contributed by atoms with Crippen LogP contribution in [-0.4, -0.2) is 62.6 Å². The highest BCUT2D eigenvalue weighted by Crippen LogP contribution is 2.41. The largest absolute Gasteiger partial charge is 0.463 e. The summed E-state index contributed by atoms with van der Waals surface area (Å²) in [6.07, 6.45) is -2.92. The van der Waals surface area contributed by atoms with E-state index in [0.717, 1.165) is 0 Å². The monoisotopic (exact) mass is 432 g/mol. The number of nitrogens with two attached hydrogens (primary N) is 2. The van der Waals surface area contributed by atoms with Crippen molar-refractivity contribution < 1.29 is 28.9 Å². The lowest BCUT2D eigenvalue weighted by atomic mass is 9.92. The van der Waals surface area contributed by atoms with Crippen molar-refractivity contribution in [2.75, 3.05) is 12.3 Å². The highest BCUT2D eigenvalue weighted by molar-refractivity contribution is 5.76. The molecule has 3 heterocycles. The van der Waals surface area contributed by atoms with Gasteiger partial charge in [-0.1, -0.05) is 13.8 Å². The fourth-order valence-electron chi connectivity index (χ4n) is 3.36. The SMILES string of the molecule is CC(=O)OC[C@H]1O[C@@](C#N)(c2ccc3c(N)ncnn23)[C@H](O)[C@@H]1OC(=O)C(N)C(C)C. The number of aliphatic hydroxyl groups is 1. The first kappa shape index (κ1) is 22.4. The van der Waals surface area contributed by atoms with E-state index in [2.05, 4.69) is 10.1 Å². The molecule has 0 radical (unpaired) electrons. The third kappa shape index (κ3) is 3.90. The van der Waals surface area contributed by atoms with Crippen molar-refractivity contribution in [1.82, 2.24) is 14.6 Å². The highest BCUT2D eigenvalue weighted by atomic mass is 16.6. The molecule has 0 aliphatic carbocycles. The standard InChI is InChI=1S/C19H24N6O6/c1-9(2)14(21)18(28)30-15-12(6-29-10(3)26)31-19(7-20,16(15)27)13-5-4-11-17(22)23-8-24-25(11)13/h4-5,8-9,12,14-16,27H,6,21H2,1-3H3,(H2,22,23,24)/t12-,14?,15-,16-,19+/m1/s1. The maximum Gasteiger partial charge on any atom is 0.323 e. The Hall–Kier alpha value is -3.27. The number of nitrogens with zero attached hydrogens (tertiary/aromatic N) is 4. The molecule has 1 unspecified atom stereocenters. The summed E-state index contributed by atoms with van der Waals surface area (Å²) < 4.78 is 17.6. The molecule has 1 fully saturated rings. The second-order valence-electron chi connectivity index (χ2n) is 7.58. The molecule has 0 saturated carbocycles. The minimum absolute atomic E-state index is 0.145. The van der Waals surface area contributed by atoms with Crippen LogP contribution in [0.5, 0.6) is 0 Å². The van der Waals surface area contributed by atoms with Crippen LogP contribution in [0.15, 0.2) is 18.5 Å². The van der Waals surface area contributed by atoms with E-state index in [1.54, 1.807) is 19.9 Å². The van der Waals surface area contributed by atoms with Crippen LogP contribution in [0, 0.1) is 17.2 Å². The third-order valence-electron chi connectivity index (χ3n) is 5.15. The molecule has 0 bridgehead atoms. The fourth-order valence-corrected chi connectivity index (χ4v) is 3.36. The van der Waals surface area contributed by atoms with Crippen LogP contribution in [-0.2, 0) is 29.4 Å². The average Bonchev–Trinajstić information content (AvgIpc) is 3.27. The fraction of sp³-hybridized carbons (Fsp3) is 0.526. The van der Waals surface area contributed by atoms with Crippen LogP contribution >= 0.6 is 0 Å². The molecule has 2 aromatic heterocycles. The molecule has 12 nitrogen and oxygen atoms in total. The Balaban J connectivity index is 2.03. The Morgan fingerprint density at radius 1 is 1.45 bits per heavy atom. The summed E-state index contributed by atoms with van der Waals surface area (Å²) in [6.45, 7) is 4.31. The molecular weight excluding hydrogens is 408 g/mol. The summed E-state index contributed by atoms with van der Waals surface area (Å²) in [7, 11) is 0. The predicted molar refractivity (Wildman–Crippen MR) is 105 cm³/mol. The summed E-state index contributed by atoms with van der Waals surface area (Å²) in [5, 5.41) is 25.2. The van der Waals surface area contributed by atoms with E-state index in [9.17, 15) is 20.0 Å². The van der Waals surface area contributed by atoms with E-state index in [1.165, 1.54) is 23.8 Å². The molecule has 0 aromatic carbocycles. The van der Waals surface area contributed by atoms with E-state index in [-0.39, 0.29) is 24.0 Å². The minimum atomic E-state index is -2.00. The molecule has 1 saturated heterocycles. The lowest BCUT2D eigenvalue weighted by Crippen LogP contribution is -2.46. The van der Waals surface area contributed by atoms with Gasteiger partial charge in [-0.15, -0.1) is 0 Å². The topological polar surface area (TPSA) is 188 Å². The number of anilines is 1. The zero-order valence-corrected chi connectivity index (χ0v) is 17.3. The Kier molecular flexibility index (Phi) is 6.12. The van der Waals surface area contributed by atoms with Gasteiger partial charge in [0.25, 0.3) is 0 Å². The maximum absolute atomic E-state index is 12.5. The average molecular weight is 432 g/mol. The Morgan fingerprint density at radius 2 is 2.16 bits per heavy atom. The second kappa shape index (κ2) is 8.46. The number of hydrogen-bond donors (Lipinski definition) is 3. The van der Waals surface area contributed by atoms with Gasteiger partial charge in [-0.25, -0.2) is 9.50 Å².